The Balaban J connectivity index is 1.02. The number of benzene rings is 2. The second-order valence-electron chi connectivity index (χ2n) is 21.1. The number of phenols is 1. The number of primary amides is 2. The summed E-state index contributed by atoms with van der Waals surface area (Å²) in [6, 6.07) is 13.6. The number of carbonyl (C=O) groups is 6. The van der Waals surface area contributed by atoms with Crippen molar-refractivity contribution < 1.29 is 44.1 Å². The van der Waals surface area contributed by atoms with Crippen molar-refractivity contribution >= 4 is 103 Å². The molecule has 30 heteroatoms. The molecule has 0 spiro atoms. The number of fused-ring (bicyclic) bond motifs is 14. The van der Waals surface area contributed by atoms with Crippen molar-refractivity contribution in [3.05, 3.63) is 147 Å². The highest BCUT2D eigenvalue weighted by atomic mass is 32.1. The molecule has 0 radical (unpaired) electrons. The molecule has 1 saturated heterocycles. The van der Waals surface area contributed by atoms with Crippen LogP contribution in [0, 0.1) is 12.8 Å². The summed E-state index contributed by atoms with van der Waals surface area (Å²) < 4.78 is 0. The zero-order valence-corrected chi connectivity index (χ0v) is 51.8. The highest BCUT2D eigenvalue weighted by Gasteiger charge is 2.36. The number of aliphatic hydroxyl groups excluding tert-OH is 2. The molecule has 24 nitrogen and oxygen atoms in total. The lowest BCUT2D eigenvalue weighted by molar-refractivity contribution is -0.124. The summed E-state index contributed by atoms with van der Waals surface area (Å²) in [5, 5.41) is 56.0. The predicted octanol–water partition coefficient (Wildman–Crippen LogP) is 6.08. The lowest BCUT2D eigenvalue weighted by atomic mass is 9.93. The molecule has 454 valence electrons. The van der Waals surface area contributed by atoms with E-state index in [1.807, 2.05) is 6.92 Å². The predicted molar refractivity (Wildman–Crippen MR) is 335 cm³/mol. The van der Waals surface area contributed by atoms with Gasteiger partial charge in [0.15, 0.2) is 0 Å². The molecule has 7 atom stereocenters. The monoisotopic (exact) mass is 1300 g/mol. The Morgan fingerprint density at radius 3 is 1.98 bits per heavy atom. The molecule has 2 aliphatic heterocycles. The third kappa shape index (κ3) is 13.9. The van der Waals surface area contributed by atoms with Crippen LogP contribution in [-0.2, 0) is 16.0 Å². The van der Waals surface area contributed by atoms with Crippen LogP contribution in [0.25, 0.3) is 43.4 Å². The van der Waals surface area contributed by atoms with Gasteiger partial charge < -0.3 is 58.7 Å². The molecule has 11 rings (SSSR count). The molecular weight excluding hydrogens is 1240 g/mol. The average molecular weight is 1300 g/mol. The van der Waals surface area contributed by atoms with E-state index >= 15 is 4.79 Å². The summed E-state index contributed by atoms with van der Waals surface area (Å²) in [4.78, 5) is 119. The van der Waals surface area contributed by atoms with Crippen LogP contribution in [0.1, 0.15) is 123 Å². The first-order chi connectivity index (χ1) is 42.3. The molecule has 9 heterocycles. The van der Waals surface area contributed by atoms with Gasteiger partial charge >= 0.3 is 0 Å². The minimum Gasteiger partial charge on any atom is -0.508 e. The Kier molecular flexibility index (Phi) is 18.6. The smallest absolute Gasteiger partial charge is 0.271 e. The summed E-state index contributed by atoms with van der Waals surface area (Å²) in [6.45, 7) is 5.08. The first-order valence-corrected chi connectivity index (χ1v) is 32.8. The number of β-amino-alcohol motifs (C(OH)–C–C–N with tert-alkyl or cyclic N) is 1. The van der Waals surface area contributed by atoms with Crippen molar-refractivity contribution in [1.82, 2.24) is 61.1 Å². The largest absolute Gasteiger partial charge is 0.508 e. The number of hydrogen-bond acceptors (Lipinski definition) is 24. The number of nitrogens with two attached hydrogens (primary N) is 3. The van der Waals surface area contributed by atoms with Crippen molar-refractivity contribution in [2.45, 2.75) is 81.9 Å². The molecule has 9 aromatic rings. The molecule has 2 aliphatic rings. The van der Waals surface area contributed by atoms with Gasteiger partial charge in [-0.15, -0.1) is 68.0 Å². The van der Waals surface area contributed by atoms with Gasteiger partial charge in [0.05, 0.1) is 30.3 Å². The van der Waals surface area contributed by atoms with Crippen molar-refractivity contribution in [2.75, 3.05) is 19.6 Å². The number of phenolic OH excluding ortho intramolecular Hbond substituents is 1. The minimum absolute atomic E-state index is 0.0106. The number of pyridine rings is 1. The van der Waals surface area contributed by atoms with Gasteiger partial charge in [0, 0.05) is 62.3 Å². The molecule has 0 aliphatic carbocycles. The lowest BCUT2D eigenvalue weighted by Gasteiger charge is -2.35. The Morgan fingerprint density at radius 2 is 1.26 bits per heavy atom. The van der Waals surface area contributed by atoms with Crippen molar-refractivity contribution in [3.63, 3.8) is 0 Å². The summed E-state index contributed by atoms with van der Waals surface area (Å²) in [5.41, 5.74) is 20.4. The molecule has 13 N–H and O–H groups in total. The fraction of sp³-hybridized carbons (Fsp3) is 0.293. The number of thiazole rings is 6. The number of aromatic hydroxyl groups is 1. The van der Waals surface area contributed by atoms with E-state index in [0.717, 1.165) is 46.9 Å². The van der Waals surface area contributed by atoms with Gasteiger partial charge in [0.2, 0.25) is 11.8 Å². The van der Waals surface area contributed by atoms with Crippen LogP contribution in [-0.4, -0.2) is 128 Å². The van der Waals surface area contributed by atoms with Crippen LogP contribution >= 0.6 is 68.0 Å². The Morgan fingerprint density at radius 1 is 0.636 bits per heavy atom. The van der Waals surface area contributed by atoms with Gasteiger partial charge in [-0.3, -0.25) is 28.8 Å². The van der Waals surface area contributed by atoms with Crippen LogP contribution in [0.15, 0.2) is 93.6 Å². The molecule has 0 saturated carbocycles. The first-order valence-electron chi connectivity index (χ1n) is 27.6. The molecule has 6 amide bonds. The zero-order valence-electron chi connectivity index (χ0n) is 46.9. The second kappa shape index (κ2) is 26.7. The van der Waals surface area contributed by atoms with E-state index in [2.05, 4.69) is 41.1 Å². The van der Waals surface area contributed by atoms with Crippen LogP contribution in [0.4, 0.5) is 0 Å². The number of likely N-dealkylation sites (tertiary alicyclic amines) is 1. The van der Waals surface area contributed by atoms with E-state index in [9.17, 15) is 39.3 Å². The fourth-order valence-electron chi connectivity index (χ4n) is 10.0. The van der Waals surface area contributed by atoms with Gasteiger partial charge in [-0.05, 0) is 68.2 Å². The van der Waals surface area contributed by atoms with Gasteiger partial charge in [-0.2, -0.15) is 0 Å². The molecular formula is C58H57N15O9S6. The number of aliphatic hydroxyl groups is 2. The number of nitrogens with zero attached hydrogens (tertiary/aromatic N) is 8. The van der Waals surface area contributed by atoms with Crippen molar-refractivity contribution in [1.29, 1.82) is 0 Å². The maximum absolute atomic E-state index is 15.1. The van der Waals surface area contributed by atoms with Crippen LogP contribution in [0.5, 0.6) is 5.75 Å². The minimum atomic E-state index is -1.42. The van der Waals surface area contributed by atoms with E-state index in [1.165, 1.54) is 62.3 Å². The number of rotatable bonds is 12. The van der Waals surface area contributed by atoms with Gasteiger partial charge in [-0.25, -0.2) is 34.9 Å². The topological polar surface area (TPSA) is 383 Å². The Labute approximate surface area is 526 Å². The Hall–Kier alpha value is -8.17. The molecule has 2 aromatic carbocycles. The van der Waals surface area contributed by atoms with E-state index in [-0.39, 0.29) is 57.5 Å². The SMILES string of the molecule is Cc1sc2nc1C(=O)N[C@@H]([C@H](O)c1ccccc1)c1nc(cs1)C(=O)N[C@H](Cc1ccc(O)cc1)C(=O)N[C@@H]([C@@H](C)[C@@H](O)CN1CCC(N)CC1)c1nc(cs1)-c1nc(cs1)-c1nc(-c3nc(C(N)=O)cs3)ccc1-c1nc(cs1)C(=O)N[C@H]2CC(N)=O. The number of nitrogens with one attached hydrogen (secondary N) is 4. The maximum Gasteiger partial charge on any atom is 0.271 e. The summed E-state index contributed by atoms with van der Waals surface area (Å²) in [5.74, 6) is -5.01. The third-order valence-electron chi connectivity index (χ3n) is 14.9. The van der Waals surface area contributed by atoms with E-state index in [0.29, 0.717) is 77.5 Å². The summed E-state index contributed by atoms with van der Waals surface area (Å²) >= 11 is 6.83. The number of amides is 6. The average Bonchev–Trinajstić information content (AvgIpc) is 3.69. The summed E-state index contributed by atoms with van der Waals surface area (Å²) in [6.07, 6.45) is -1.35. The van der Waals surface area contributed by atoms with Crippen molar-refractivity contribution in [2.24, 2.45) is 23.1 Å². The molecule has 88 heavy (non-hydrogen) atoms. The normalized spacial score (nSPS) is 19.1. The fourth-order valence-corrected chi connectivity index (χ4v) is 15.3. The van der Waals surface area contributed by atoms with Crippen molar-refractivity contribution in [3.8, 4) is 49.1 Å². The number of piperidine rings is 1. The number of aryl methyl sites for hydroxylation is 1. The molecule has 7 aromatic heterocycles. The zero-order chi connectivity index (χ0) is 61.9. The molecule has 10 bridgehead atoms. The summed E-state index contributed by atoms with van der Waals surface area (Å²) in [7, 11) is 0. The maximum atomic E-state index is 15.1. The number of aromatic nitrogens is 7. The Bertz CT molecular complexity index is 4040. The van der Waals surface area contributed by atoms with E-state index < -0.39 is 84.2 Å². The third-order valence-corrected chi connectivity index (χ3v) is 20.4. The highest BCUT2D eigenvalue weighted by Crippen LogP contribution is 2.40. The lowest BCUT2D eigenvalue weighted by Crippen LogP contribution is -2.51. The van der Waals surface area contributed by atoms with Gasteiger partial charge in [0.1, 0.15) is 93.8 Å². The van der Waals surface area contributed by atoms with Crippen LogP contribution < -0.4 is 38.5 Å². The number of hydrogen-bond donors (Lipinski definition) is 10. The van der Waals surface area contributed by atoms with Crippen LogP contribution in [0.2, 0.25) is 0 Å². The standard InChI is InChI=1S/C58H57N15O9S6/c1-26(41(75)20-73-16-14-30(59)15-17-73)43-57-69-40(25-87-57)55-65-36(21-84-55)45-32(12-13-33(62-45)54-66-37(22-85-54)48(61)78)53-67-38(23-83-53)51(81)64-35(19-42(60)76)56-72-44(27(2)88-56)52(82)71-46(47(77)29-6-4-3-5-7-29)58-68-39(24-86-58)50(80)63-34(49(79)70-43)18-28-8-10-31(74)11-9-28/h3-13,21-26,30,34-35,41,43,46-47,74-75,77H,14-20,59H2,1-2H3,(H2,60,76)(H2,61,78)(H,63,80)(H,64,81)(H,70,79)(H,71,82)/t26-,34+,35-,41-,43-,46-,47+/m0/s1. The quantitative estimate of drug-likeness (QED) is 0.0662. The molecule has 1 fully saturated rings. The van der Waals surface area contributed by atoms with E-state index in [1.54, 1.807) is 72.3 Å². The van der Waals surface area contributed by atoms with E-state index in [4.69, 9.17) is 37.1 Å². The first kappa shape index (κ1) is 61.5. The highest BCUT2D eigenvalue weighted by molar-refractivity contribution is 7.15. The second-order valence-corrected chi connectivity index (χ2v) is 26.7. The van der Waals surface area contributed by atoms with Crippen LogP contribution in [0.3, 0.4) is 0 Å². The van der Waals surface area contributed by atoms with Gasteiger partial charge in [-0.1, -0.05) is 49.4 Å². The van der Waals surface area contributed by atoms with Gasteiger partial charge in [0.25, 0.3) is 23.6 Å². The number of carbonyl (C=O) groups excluding carboxylic acids is 6. The molecule has 0 unspecified atom stereocenters.